The molecule has 4 nitrogen and oxygen atoms in total. The third kappa shape index (κ3) is 2.20. The maximum atomic E-state index is 12.1. The molecule has 17 heavy (non-hydrogen) atoms. The second kappa shape index (κ2) is 5.36. The van der Waals surface area contributed by atoms with Crippen LogP contribution in [0.5, 0.6) is 0 Å². The fourth-order valence-electron chi connectivity index (χ4n) is 3.16. The van der Waals surface area contributed by atoms with E-state index in [2.05, 4.69) is 0 Å². The molecule has 0 bridgehead atoms. The zero-order chi connectivity index (χ0) is 13.1. The molecule has 1 rings (SSSR count). The lowest BCUT2D eigenvalue weighted by atomic mass is 9.67. The van der Waals surface area contributed by atoms with Crippen molar-refractivity contribution in [3.8, 4) is 0 Å². The maximum absolute atomic E-state index is 12.1. The van der Waals surface area contributed by atoms with Crippen LogP contribution in [0.15, 0.2) is 0 Å². The normalized spacial score (nSPS) is 33.8. The van der Waals surface area contributed by atoms with Gasteiger partial charge < -0.3 is 14.7 Å². The fraction of sp³-hybridized carbons (Fsp3) is 0.923. The van der Waals surface area contributed by atoms with Crippen molar-refractivity contribution < 1.29 is 14.6 Å². The Morgan fingerprint density at radius 1 is 1.29 bits per heavy atom. The molecule has 0 aromatic rings. The monoisotopic (exact) mass is 243 g/mol. The van der Waals surface area contributed by atoms with Gasteiger partial charge in [0.15, 0.2) is 5.60 Å². The summed E-state index contributed by atoms with van der Waals surface area (Å²) in [7, 11) is 3.86. The van der Waals surface area contributed by atoms with Gasteiger partial charge >= 0.3 is 5.97 Å². The molecule has 0 amide bonds. The van der Waals surface area contributed by atoms with Gasteiger partial charge in [-0.05, 0) is 46.7 Å². The molecular formula is C13H25NO3. The average molecular weight is 243 g/mol. The van der Waals surface area contributed by atoms with Crippen molar-refractivity contribution in [2.75, 3.05) is 20.7 Å². The largest absolute Gasteiger partial charge is 0.464 e. The molecule has 0 heterocycles. The highest BCUT2D eigenvalue weighted by Gasteiger charge is 2.57. The second-order valence-corrected chi connectivity index (χ2v) is 5.07. The van der Waals surface area contributed by atoms with Crippen molar-refractivity contribution in [1.29, 1.82) is 0 Å². The zero-order valence-corrected chi connectivity index (χ0v) is 11.5. The molecule has 4 heteroatoms. The molecule has 1 saturated carbocycles. The third-order valence-corrected chi connectivity index (χ3v) is 4.20. The van der Waals surface area contributed by atoms with Crippen LogP contribution in [0.25, 0.3) is 0 Å². The molecule has 0 aromatic heterocycles. The minimum absolute atomic E-state index is 0.314. The number of aliphatic hydroxyl groups is 1. The third-order valence-electron chi connectivity index (χ3n) is 4.20. The minimum atomic E-state index is -1.36. The first kappa shape index (κ1) is 14.5. The lowest BCUT2D eigenvalue weighted by Crippen LogP contribution is -2.67. The number of esters is 1. The molecule has 0 saturated heterocycles. The zero-order valence-electron chi connectivity index (χ0n) is 11.5. The van der Waals surface area contributed by atoms with Gasteiger partial charge in [-0.25, -0.2) is 4.79 Å². The van der Waals surface area contributed by atoms with Crippen molar-refractivity contribution >= 4 is 5.97 Å². The van der Waals surface area contributed by atoms with Gasteiger partial charge in [0.1, 0.15) is 0 Å². The summed E-state index contributed by atoms with van der Waals surface area (Å²) in [6.45, 7) is 4.11. The first-order chi connectivity index (χ1) is 7.94. The Morgan fingerprint density at radius 3 is 2.35 bits per heavy atom. The summed E-state index contributed by atoms with van der Waals surface area (Å²) >= 11 is 0. The molecule has 1 fully saturated rings. The second-order valence-electron chi connectivity index (χ2n) is 5.07. The van der Waals surface area contributed by atoms with Crippen molar-refractivity contribution in [1.82, 2.24) is 4.90 Å². The summed E-state index contributed by atoms with van der Waals surface area (Å²) in [6.07, 6.45) is 4.01. The maximum Gasteiger partial charge on any atom is 0.340 e. The van der Waals surface area contributed by atoms with Gasteiger partial charge in [0, 0.05) is 0 Å². The van der Waals surface area contributed by atoms with E-state index in [-0.39, 0.29) is 0 Å². The Kier molecular flexibility index (Phi) is 4.55. The number of ether oxygens (including phenoxy) is 1. The van der Waals surface area contributed by atoms with Crippen LogP contribution < -0.4 is 0 Å². The van der Waals surface area contributed by atoms with Gasteiger partial charge in [-0.1, -0.05) is 13.3 Å². The van der Waals surface area contributed by atoms with Crippen LogP contribution in [-0.2, 0) is 9.53 Å². The number of hydrogen-bond acceptors (Lipinski definition) is 4. The first-order valence-corrected chi connectivity index (χ1v) is 6.51. The van der Waals surface area contributed by atoms with Gasteiger partial charge in [-0.2, -0.15) is 0 Å². The average Bonchev–Trinajstić information content (AvgIpc) is 2.29. The first-order valence-electron chi connectivity index (χ1n) is 6.51. The van der Waals surface area contributed by atoms with Crippen LogP contribution in [0.2, 0.25) is 0 Å². The number of rotatable bonds is 4. The molecule has 0 aromatic carbocycles. The smallest absolute Gasteiger partial charge is 0.340 e. The van der Waals surface area contributed by atoms with Crippen molar-refractivity contribution in [2.24, 2.45) is 0 Å². The number of nitrogens with zero attached hydrogens (tertiary/aromatic N) is 1. The van der Waals surface area contributed by atoms with Crippen LogP contribution >= 0.6 is 0 Å². The molecule has 1 aliphatic carbocycles. The molecule has 0 aliphatic heterocycles. The number of hydrogen-bond donors (Lipinski definition) is 1. The Labute approximate surface area is 104 Å². The fourth-order valence-corrected chi connectivity index (χ4v) is 3.16. The molecule has 2 atom stereocenters. The minimum Gasteiger partial charge on any atom is -0.464 e. The topological polar surface area (TPSA) is 49.8 Å². The van der Waals surface area contributed by atoms with Gasteiger partial charge in [-0.15, -0.1) is 0 Å². The molecular weight excluding hydrogens is 218 g/mol. The van der Waals surface area contributed by atoms with Crippen LogP contribution in [0.4, 0.5) is 0 Å². The van der Waals surface area contributed by atoms with Crippen LogP contribution in [0, 0.1) is 0 Å². The quantitative estimate of drug-likeness (QED) is 0.761. The van der Waals surface area contributed by atoms with Crippen molar-refractivity contribution in [3.05, 3.63) is 0 Å². The van der Waals surface area contributed by atoms with Gasteiger partial charge in [-0.3, -0.25) is 0 Å². The summed E-state index contributed by atoms with van der Waals surface area (Å²) in [6, 6.07) is 0. The number of carbonyl (C=O) groups is 1. The SMILES string of the molecule is CCOC(=O)C1(O)CCCCC1(CC)N(C)C. The van der Waals surface area contributed by atoms with E-state index in [1.54, 1.807) is 6.92 Å². The van der Waals surface area contributed by atoms with E-state index in [1.165, 1.54) is 0 Å². The Balaban J connectivity index is 3.10. The highest BCUT2D eigenvalue weighted by atomic mass is 16.5. The van der Waals surface area contributed by atoms with Crippen LogP contribution in [0.3, 0.4) is 0 Å². The van der Waals surface area contributed by atoms with E-state index < -0.39 is 17.1 Å². The van der Waals surface area contributed by atoms with E-state index in [1.807, 2.05) is 25.9 Å². The Bertz CT molecular complexity index is 280. The summed E-state index contributed by atoms with van der Waals surface area (Å²) in [5.74, 6) is -0.463. The highest BCUT2D eigenvalue weighted by molar-refractivity contribution is 5.81. The van der Waals surface area contributed by atoms with Crippen molar-refractivity contribution in [2.45, 2.75) is 57.1 Å². The molecule has 100 valence electrons. The molecule has 2 unspecified atom stereocenters. The predicted molar refractivity (Wildman–Crippen MR) is 66.8 cm³/mol. The van der Waals surface area contributed by atoms with E-state index >= 15 is 0 Å². The number of carbonyl (C=O) groups excluding carboxylic acids is 1. The molecule has 0 radical (unpaired) electrons. The Morgan fingerprint density at radius 2 is 1.88 bits per heavy atom. The summed E-state index contributed by atoms with van der Waals surface area (Å²) in [5, 5.41) is 10.8. The molecule has 0 spiro atoms. The predicted octanol–water partition coefficient (Wildman–Crippen LogP) is 1.56. The standard InChI is InChI=1S/C13H25NO3/c1-5-12(14(3)4)9-7-8-10-13(12,16)11(15)17-6-2/h16H,5-10H2,1-4H3. The molecule has 1 aliphatic rings. The lowest BCUT2D eigenvalue weighted by molar-refractivity contribution is -0.191. The van der Waals surface area contributed by atoms with E-state index in [0.29, 0.717) is 13.0 Å². The Hall–Kier alpha value is -0.610. The highest BCUT2D eigenvalue weighted by Crippen LogP contribution is 2.43. The molecule has 1 N–H and O–H groups in total. The van der Waals surface area contributed by atoms with E-state index in [0.717, 1.165) is 25.7 Å². The van der Waals surface area contributed by atoms with Gasteiger partial charge in [0.2, 0.25) is 0 Å². The van der Waals surface area contributed by atoms with E-state index in [4.69, 9.17) is 4.74 Å². The van der Waals surface area contributed by atoms with Gasteiger partial charge in [0.05, 0.1) is 12.1 Å². The van der Waals surface area contributed by atoms with Crippen LogP contribution in [0.1, 0.15) is 46.0 Å². The van der Waals surface area contributed by atoms with Crippen molar-refractivity contribution in [3.63, 3.8) is 0 Å². The summed E-state index contributed by atoms with van der Waals surface area (Å²) in [5.41, 5.74) is -1.85. The lowest BCUT2D eigenvalue weighted by Gasteiger charge is -2.52. The van der Waals surface area contributed by atoms with E-state index in [9.17, 15) is 9.90 Å². The van der Waals surface area contributed by atoms with Gasteiger partial charge in [0.25, 0.3) is 0 Å². The number of likely N-dealkylation sites (N-methyl/N-ethyl adjacent to an activating group) is 1. The van der Waals surface area contributed by atoms with Crippen LogP contribution in [-0.4, -0.2) is 47.8 Å². The summed E-state index contributed by atoms with van der Waals surface area (Å²) in [4.78, 5) is 14.1. The summed E-state index contributed by atoms with van der Waals surface area (Å²) < 4.78 is 5.08.